The van der Waals surface area contributed by atoms with E-state index in [1.165, 1.54) is 12.1 Å². The van der Waals surface area contributed by atoms with Crippen LogP contribution in [0.2, 0.25) is 0 Å². The second-order valence-corrected chi connectivity index (χ2v) is 28.7. The number of rotatable bonds is 41. The molecule has 0 aromatic heterocycles. The molecule has 0 bridgehead atoms. The molecule has 500 valence electrons. The Morgan fingerprint density at radius 2 is 1.01 bits per heavy atom. The molecule has 2 heterocycles. The summed E-state index contributed by atoms with van der Waals surface area (Å²) < 4.78 is 225. The maximum atomic E-state index is 13.0. The minimum atomic E-state index is -5.17. The number of ether oxygens (including phenoxy) is 8. The first kappa shape index (κ1) is 73.8. The molecular weight excluding hydrogens is 1280 g/mol. The molecule has 0 aliphatic carbocycles. The minimum absolute atomic E-state index is 0.0331. The van der Waals surface area contributed by atoms with Crippen LogP contribution in [0, 0.1) is 0 Å². The van der Waals surface area contributed by atoms with Crippen LogP contribution < -0.4 is 4.90 Å². The van der Waals surface area contributed by atoms with Gasteiger partial charge in [0.2, 0.25) is 5.69 Å². The van der Waals surface area contributed by atoms with Crippen molar-refractivity contribution < 1.29 is 117 Å². The van der Waals surface area contributed by atoms with E-state index in [9.17, 15) is 74.8 Å². The van der Waals surface area contributed by atoms with Crippen molar-refractivity contribution in [3.8, 4) is 0 Å². The first-order valence-corrected chi connectivity index (χ1v) is 36.0. The van der Waals surface area contributed by atoms with Crippen LogP contribution in [0.15, 0.2) is 104 Å². The molecule has 4 aromatic carbocycles. The lowest BCUT2D eigenvalue weighted by atomic mass is 9.74. The third-order valence-electron chi connectivity index (χ3n) is 15.3. The van der Waals surface area contributed by atoms with Gasteiger partial charge in [-0.3, -0.25) is 27.6 Å². The lowest BCUT2D eigenvalue weighted by Crippen LogP contribution is -2.33. The predicted molar refractivity (Wildman–Crippen MR) is 330 cm³/mol. The number of carboxylic acid groups (broad SMARTS) is 1. The summed E-state index contributed by atoms with van der Waals surface area (Å²) in [6.07, 6.45) is 9.41. The number of carboxylic acids is 1. The molecule has 27 nitrogen and oxygen atoms in total. The molecule has 0 spiro atoms. The van der Waals surface area contributed by atoms with Gasteiger partial charge in [0.25, 0.3) is 50.6 Å². The van der Waals surface area contributed by atoms with Gasteiger partial charge in [0.1, 0.15) is 16.4 Å². The van der Waals surface area contributed by atoms with Gasteiger partial charge >= 0.3 is 5.97 Å². The van der Waals surface area contributed by atoms with E-state index in [0.29, 0.717) is 99.4 Å². The summed E-state index contributed by atoms with van der Waals surface area (Å²) in [6.45, 7) is 7.33. The molecular formula is C58H79N2O25S5+. The number of allylic oxidation sites excluding steroid dienone is 6. The molecule has 90 heavy (non-hydrogen) atoms. The maximum absolute atomic E-state index is 13.0. The number of benzene rings is 4. The Morgan fingerprint density at radius 3 is 1.50 bits per heavy atom. The molecule has 0 radical (unpaired) electrons. The van der Waals surface area contributed by atoms with Crippen molar-refractivity contribution in [3.05, 3.63) is 95.7 Å². The van der Waals surface area contributed by atoms with Crippen molar-refractivity contribution in [2.24, 2.45) is 0 Å². The van der Waals surface area contributed by atoms with E-state index in [1.807, 2.05) is 11.8 Å². The highest BCUT2D eigenvalue weighted by atomic mass is 32.2. The van der Waals surface area contributed by atoms with E-state index in [2.05, 4.69) is 0 Å². The van der Waals surface area contributed by atoms with E-state index >= 15 is 0 Å². The highest BCUT2D eigenvalue weighted by molar-refractivity contribution is 7.87. The SMILES string of the molecule is COCCOCCOCCOCC[N+]1=C(/C=C/C=C/C=C2/N(CCCCCC(=O)O)c3ccc4c(S(=O)(=O)O)cc(S(=O)(=O)O)cc4c3C2(C)CCOCCOCCOCCOC)C(C)(CCCS(=O)(=O)O)c2c1ccc1c(S(=O)(=O)O)cc(S(=O)(=O)O)cc21. The third kappa shape index (κ3) is 19.7. The van der Waals surface area contributed by atoms with Crippen molar-refractivity contribution in [2.45, 2.75) is 89.2 Å². The fraction of sp³-hybridized carbons (Fsp3) is 0.517. The number of anilines is 1. The second-order valence-electron chi connectivity index (χ2n) is 21.5. The van der Waals surface area contributed by atoms with Crippen LogP contribution in [-0.4, -0.2) is 212 Å². The van der Waals surface area contributed by atoms with Crippen molar-refractivity contribution in [3.63, 3.8) is 0 Å². The number of hydrogen-bond donors (Lipinski definition) is 6. The Bertz CT molecular complexity index is 3910. The fourth-order valence-electron chi connectivity index (χ4n) is 11.2. The second kappa shape index (κ2) is 32.6. The number of hydrogen-bond acceptors (Lipinski definition) is 20. The van der Waals surface area contributed by atoms with Crippen LogP contribution in [0.5, 0.6) is 0 Å². The first-order valence-electron chi connectivity index (χ1n) is 28.6. The van der Waals surface area contributed by atoms with E-state index in [-0.39, 0.29) is 119 Å². The van der Waals surface area contributed by atoms with Crippen molar-refractivity contribution in [2.75, 3.05) is 130 Å². The number of aliphatic carboxylic acids is 1. The van der Waals surface area contributed by atoms with Gasteiger partial charge in [-0.1, -0.05) is 30.7 Å². The van der Waals surface area contributed by atoms with Gasteiger partial charge in [0, 0.05) is 79.1 Å². The molecule has 6 rings (SSSR count). The largest absolute Gasteiger partial charge is 0.481 e. The summed E-state index contributed by atoms with van der Waals surface area (Å²) in [6, 6.07) is 9.37. The molecule has 0 fully saturated rings. The molecule has 2 aliphatic rings. The summed E-state index contributed by atoms with van der Waals surface area (Å²) >= 11 is 0. The van der Waals surface area contributed by atoms with Crippen LogP contribution in [0.4, 0.5) is 11.4 Å². The average molecular weight is 1360 g/mol. The van der Waals surface area contributed by atoms with Gasteiger partial charge in [-0.15, -0.1) is 0 Å². The number of unbranched alkanes of at least 4 members (excludes halogenated alkanes) is 2. The van der Waals surface area contributed by atoms with Crippen molar-refractivity contribution >= 4 is 95.2 Å². The molecule has 0 saturated carbocycles. The van der Waals surface area contributed by atoms with E-state index in [4.69, 9.17) is 37.9 Å². The highest BCUT2D eigenvalue weighted by Gasteiger charge is 2.50. The molecule has 4 aromatic rings. The van der Waals surface area contributed by atoms with Crippen LogP contribution >= 0.6 is 0 Å². The Kier molecular flexibility index (Phi) is 26.7. The average Bonchev–Trinajstić information content (AvgIpc) is 1.52. The Balaban J connectivity index is 1.50. The van der Waals surface area contributed by atoms with Gasteiger partial charge in [0.05, 0.1) is 100 Å². The number of nitrogens with zero attached hydrogens (tertiary/aromatic N) is 2. The Hall–Kier alpha value is -5.21. The molecule has 2 aliphatic heterocycles. The van der Waals surface area contributed by atoms with Gasteiger partial charge in [-0.05, 0) is 105 Å². The predicted octanol–water partition coefficient (Wildman–Crippen LogP) is 6.21. The topological polar surface area (TPSA) is 389 Å². The number of fused-ring (bicyclic) bond motifs is 6. The van der Waals surface area contributed by atoms with Gasteiger partial charge in [-0.25, -0.2) is 0 Å². The van der Waals surface area contributed by atoms with Crippen LogP contribution in [0.3, 0.4) is 0 Å². The monoisotopic (exact) mass is 1360 g/mol. The third-order valence-corrected chi connectivity index (χ3v) is 19.5. The van der Waals surface area contributed by atoms with E-state index in [1.54, 1.807) is 68.2 Å². The molecule has 32 heteroatoms. The first-order chi connectivity index (χ1) is 42.4. The molecule has 0 amide bonds. The summed E-state index contributed by atoms with van der Waals surface area (Å²) in [4.78, 5) is 10.1. The van der Waals surface area contributed by atoms with E-state index in [0.717, 1.165) is 12.1 Å². The lowest BCUT2D eigenvalue weighted by Gasteiger charge is -2.31. The lowest BCUT2D eigenvalue weighted by molar-refractivity contribution is -0.442. The zero-order chi connectivity index (χ0) is 66.1. The fourth-order valence-corrected chi connectivity index (χ4v) is 14.4. The highest BCUT2D eigenvalue weighted by Crippen LogP contribution is 2.54. The normalized spacial score (nSPS) is 18.0. The standard InChI is InChI=1S/C58H78N2O25S5/c1-57(19-11-37-86(63,64)65)52(60(22-24-81-30-32-85-36-34-83-28-26-79-4)49-18-16-44-46(55(49)57)38-42(87(66,67)68)40-50(44)89(72,73)74)12-7-5-8-13-53-58(2,20-23-80-29-31-84-35-33-82-27-25-78-3)56-47-39-43(88(69,70)71)41-51(90(75,76)77)45(47)15-17-48(56)59(53)21-10-6-9-14-54(61)62/h5,7-8,12-13,15-18,38-41H,6,9-11,14,19-37H2,1-4H3,(H5-,61,62,63,64,65,66,67,68,69,70,71,72,73,74,75,76,77)/p+1. The molecule has 2 atom stereocenters. The number of methoxy groups -OCH3 is 2. The van der Waals surface area contributed by atoms with Crippen LogP contribution in [0.25, 0.3) is 21.5 Å². The van der Waals surface area contributed by atoms with Crippen LogP contribution in [-0.2, 0) is 104 Å². The summed E-state index contributed by atoms with van der Waals surface area (Å²) in [5, 5.41) is 9.24. The minimum Gasteiger partial charge on any atom is -0.481 e. The van der Waals surface area contributed by atoms with Gasteiger partial charge in [-0.2, -0.15) is 46.7 Å². The van der Waals surface area contributed by atoms with E-state index < -0.39 is 92.7 Å². The smallest absolute Gasteiger partial charge is 0.303 e. The molecule has 0 saturated heterocycles. The number of carbonyl (C=O) groups is 1. The van der Waals surface area contributed by atoms with Crippen molar-refractivity contribution in [1.82, 2.24) is 0 Å². The Labute approximate surface area is 525 Å². The summed E-state index contributed by atoms with van der Waals surface area (Å²) in [5.74, 6) is -1.70. The summed E-state index contributed by atoms with van der Waals surface area (Å²) in [7, 11) is -22.0. The van der Waals surface area contributed by atoms with Crippen molar-refractivity contribution in [1.29, 1.82) is 0 Å². The molecule has 6 N–H and O–H groups in total. The zero-order valence-corrected chi connectivity index (χ0v) is 54.4. The molecule has 2 unspecified atom stereocenters. The maximum Gasteiger partial charge on any atom is 0.303 e. The van der Waals surface area contributed by atoms with Crippen LogP contribution in [0.1, 0.15) is 69.9 Å². The quantitative estimate of drug-likeness (QED) is 0.0124. The van der Waals surface area contributed by atoms with Gasteiger partial charge < -0.3 is 47.9 Å². The Morgan fingerprint density at radius 1 is 0.522 bits per heavy atom. The summed E-state index contributed by atoms with van der Waals surface area (Å²) in [5.41, 5.74) is -0.0299. The zero-order valence-electron chi connectivity index (χ0n) is 50.4. The van der Waals surface area contributed by atoms with Gasteiger partial charge in [0.15, 0.2) is 12.3 Å².